The van der Waals surface area contributed by atoms with E-state index in [2.05, 4.69) is 6.92 Å². The van der Waals surface area contributed by atoms with Gasteiger partial charge in [0.05, 0.1) is 5.56 Å². The van der Waals surface area contributed by atoms with E-state index in [1.807, 2.05) is 0 Å². The molecular formula is C13H7F4. The minimum Gasteiger partial charge on any atom is -0.203 e. The van der Waals surface area contributed by atoms with Crippen molar-refractivity contribution in [2.24, 2.45) is 0 Å². The molecule has 1 radical (unpaired) electrons. The van der Waals surface area contributed by atoms with E-state index in [1.165, 1.54) is 24.3 Å². The molecule has 0 unspecified atom stereocenters. The molecule has 0 N–H and O–H groups in total. The van der Waals surface area contributed by atoms with Crippen LogP contribution in [0.15, 0.2) is 30.3 Å². The van der Waals surface area contributed by atoms with Crippen LogP contribution < -0.4 is 0 Å². The lowest BCUT2D eigenvalue weighted by Gasteiger charge is -2.09. The van der Waals surface area contributed by atoms with E-state index in [9.17, 15) is 17.6 Å². The van der Waals surface area contributed by atoms with Gasteiger partial charge in [0.15, 0.2) is 23.3 Å². The fourth-order valence-electron chi connectivity index (χ4n) is 1.54. The smallest absolute Gasteiger partial charge is 0.170 e. The lowest BCUT2D eigenvalue weighted by molar-refractivity contribution is 0.453. The largest absolute Gasteiger partial charge is 0.203 e. The quantitative estimate of drug-likeness (QED) is 0.519. The van der Waals surface area contributed by atoms with Gasteiger partial charge in [0, 0.05) is 5.56 Å². The highest BCUT2D eigenvalue weighted by molar-refractivity contribution is 5.65. The first-order valence-electron chi connectivity index (χ1n) is 4.77. The van der Waals surface area contributed by atoms with Crippen molar-refractivity contribution in [1.82, 2.24) is 0 Å². The zero-order chi connectivity index (χ0) is 12.6. The maximum atomic E-state index is 13.6. The maximum Gasteiger partial charge on any atom is 0.170 e. The zero-order valence-electron chi connectivity index (χ0n) is 8.61. The first-order valence-corrected chi connectivity index (χ1v) is 4.77. The van der Waals surface area contributed by atoms with E-state index in [0.29, 0.717) is 0 Å². The maximum absolute atomic E-state index is 13.6. The predicted molar refractivity (Wildman–Crippen MR) is 56.2 cm³/mol. The van der Waals surface area contributed by atoms with Gasteiger partial charge in [-0.25, -0.2) is 17.6 Å². The number of hydrogen-bond donors (Lipinski definition) is 0. The fraction of sp³-hybridized carbons (Fsp3) is 0. The third kappa shape index (κ3) is 1.79. The van der Waals surface area contributed by atoms with Gasteiger partial charge in [0.2, 0.25) is 0 Å². The molecule has 0 heterocycles. The van der Waals surface area contributed by atoms with Gasteiger partial charge in [-0.05, 0) is 12.5 Å². The van der Waals surface area contributed by atoms with Gasteiger partial charge in [-0.1, -0.05) is 30.3 Å². The number of halogens is 4. The normalized spacial score (nSPS) is 10.6. The van der Waals surface area contributed by atoms with Gasteiger partial charge in [-0.15, -0.1) is 0 Å². The Bertz CT molecular complexity index is 532. The van der Waals surface area contributed by atoms with Crippen LogP contribution in [-0.2, 0) is 0 Å². The van der Waals surface area contributed by atoms with E-state index < -0.39 is 34.4 Å². The molecule has 0 aliphatic rings. The molecule has 0 fully saturated rings. The number of benzene rings is 2. The molecule has 2 aromatic carbocycles. The molecule has 0 saturated heterocycles. The molecule has 0 atom stereocenters. The third-order valence-corrected chi connectivity index (χ3v) is 2.42. The predicted octanol–water partition coefficient (Wildman–Crippen LogP) is 4.09. The van der Waals surface area contributed by atoms with Crippen molar-refractivity contribution in [3.63, 3.8) is 0 Å². The van der Waals surface area contributed by atoms with Crippen LogP contribution in [0.2, 0.25) is 0 Å². The van der Waals surface area contributed by atoms with Crippen LogP contribution in [0.4, 0.5) is 17.6 Å². The third-order valence-electron chi connectivity index (χ3n) is 2.42. The Morgan fingerprint density at radius 2 is 1.18 bits per heavy atom. The Labute approximate surface area is 95.5 Å². The SMILES string of the molecule is [CH2]c1c(F)c(F)c(-c2ccccc2)c(F)c1F. The summed E-state index contributed by atoms with van der Waals surface area (Å²) in [6.45, 7) is 2.95. The molecule has 0 aliphatic heterocycles. The highest BCUT2D eigenvalue weighted by Gasteiger charge is 2.23. The van der Waals surface area contributed by atoms with E-state index in [-0.39, 0.29) is 5.56 Å². The molecule has 0 spiro atoms. The van der Waals surface area contributed by atoms with Crippen LogP contribution in [0, 0.1) is 30.2 Å². The molecule has 87 valence electrons. The molecule has 0 nitrogen and oxygen atoms in total. The van der Waals surface area contributed by atoms with Crippen LogP contribution in [0.3, 0.4) is 0 Å². The standard InChI is InChI=1S/C13H7F4/c1-7-10(14)12(16)9(13(17)11(7)15)8-5-3-2-4-6-8/h2-6H,1H2. The van der Waals surface area contributed by atoms with Crippen molar-refractivity contribution in [2.45, 2.75) is 0 Å². The summed E-state index contributed by atoms with van der Waals surface area (Å²) in [5, 5.41) is 0. The van der Waals surface area contributed by atoms with Crippen molar-refractivity contribution in [1.29, 1.82) is 0 Å². The Morgan fingerprint density at radius 1 is 0.706 bits per heavy atom. The van der Waals surface area contributed by atoms with Gasteiger partial charge in [-0.2, -0.15) is 0 Å². The van der Waals surface area contributed by atoms with E-state index in [4.69, 9.17) is 0 Å². The summed E-state index contributed by atoms with van der Waals surface area (Å²) in [5.74, 6) is -5.80. The van der Waals surface area contributed by atoms with Crippen molar-refractivity contribution in [2.75, 3.05) is 0 Å². The van der Waals surface area contributed by atoms with E-state index in [0.717, 1.165) is 0 Å². The van der Waals surface area contributed by atoms with E-state index in [1.54, 1.807) is 6.07 Å². The van der Waals surface area contributed by atoms with Crippen LogP contribution in [0.1, 0.15) is 5.56 Å². The van der Waals surface area contributed by atoms with Crippen molar-refractivity contribution in [3.05, 3.63) is 66.1 Å². The lowest BCUT2D eigenvalue weighted by Crippen LogP contribution is -2.02. The molecule has 17 heavy (non-hydrogen) atoms. The number of rotatable bonds is 1. The van der Waals surface area contributed by atoms with Crippen LogP contribution in [-0.4, -0.2) is 0 Å². The van der Waals surface area contributed by atoms with Gasteiger partial charge < -0.3 is 0 Å². The summed E-state index contributed by atoms with van der Waals surface area (Å²) in [6.07, 6.45) is 0. The summed E-state index contributed by atoms with van der Waals surface area (Å²) >= 11 is 0. The van der Waals surface area contributed by atoms with Crippen LogP contribution in [0.5, 0.6) is 0 Å². The second kappa shape index (κ2) is 4.20. The summed E-state index contributed by atoms with van der Waals surface area (Å²) in [7, 11) is 0. The van der Waals surface area contributed by atoms with Gasteiger partial charge in [0.25, 0.3) is 0 Å². The highest BCUT2D eigenvalue weighted by Crippen LogP contribution is 2.31. The molecule has 0 saturated carbocycles. The molecule has 4 heteroatoms. The molecule has 0 aromatic heterocycles. The zero-order valence-corrected chi connectivity index (χ0v) is 8.61. The van der Waals surface area contributed by atoms with Crippen molar-refractivity contribution in [3.8, 4) is 11.1 Å². The van der Waals surface area contributed by atoms with Crippen molar-refractivity contribution >= 4 is 0 Å². The minimum absolute atomic E-state index is 0.0697. The molecule has 0 aliphatic carbocycles. The van der Waals surface area contributed by atoms with Gasteiger partial charge in [0.1, 0.15) is 0 Å². The minimum atomic E-state index is -1.47. The molecule has 0 bridgehead atoms. The average Bonchev–Trinajstić information content (AvgIpc) is 2.36. The Kier molecular flexibility index (Phi) is 2.88. The average molecular weight is 239 g/mol. The molecule has 2 aromatic rings. The first-order chi connectivity index (χ1) is 8.04. The van der Waals surface area contributed by atoms with Gasteiger partial charge in [-0.3, -0.25) is 0 Å². The van der Waals surface area contributed by atoms with E-state index >= 15 is 0 Å². The monoisotopic (exact) mass is 239 g/mol. The van der Waals surface area contributed by atoms with Gasteiger partial charge >= 0.3 is 0 Å². The summed E-state index contributed by atoms with van der Waals surface area (Å²) in [5.41, 5.74) is -1.55. The first kappa shape index (κ1) is 11.6. The second-order valence-corrected chi connectivity index (χ2v) is 3.48. The summed E-state index contributed by atoms with van der Waals surface area (Å²) in [6, 6.07) is 7.39. The number of hydrogen-bond acceptors (Lipinski definition) is 0. The highest BCUT2D eigenvalue weighted by atomic mass is 19.2. The van der Waals surface area contributed by atoms with Crippen LogP contribution in [0.25, 0.3) is 11.1 Å². The Morgan fingerprint density at radius 3 is 1.65 bits per heavy atom. The van der Waals surface area contributed by atoms with Crippen molar-refractivity contribution < 1.29 is 17.6 Å². The summed E-state index contributed by atoms with van der Waals surface area (Å²) < 4.78 is 53.7. The molecular weight excluding hydrogens is 232 g/mol. The Hall–Kier alpha value is -1.84. The topological polar surface area (TPSA) is 0 Å². The Balaban J connectivity index is 2.80. The molecule has 2 rings (SSSR count). The lowest BCUT2D eigenvalue weighted by atomic mass is 10.0. The van der Waals surface area contributed by atoms with Crippen LogP contribution >= 0.6 is 0 Å². The second-order valence-electron chi connectivity index (χ2n) is 3.48. The summed E-state index contributed by atoms with van der Waals surface area (Å²) in [4.78, 5) is 0. The fourth-order valence-corrected chi connectivity index (χ4v) is 1.54. The molecule has 0 amide bonds.